The fourth-order valence-electron chi connectivity index (χ4n) is 1.97. The van der Waals surface area contributed by atoms with Crippen molar-refractivity contribution in [2.24, 2.45) is 0 Å². The maximum Gasteiger partial charge on any atom is 0.310 e. The van der Waals surface area contributed by atoms with Gasteiger partial charge in [-0.05, 0) is 36.2 Å². The number of rotatable bonds is 5. The van der Waals surface area contributed by atoms with E-state index >= 15 is 0 Å². The van der Waals surface area contributed by atoms with Crippen LogP contribution in [0.5, 0.6) is 5.75 Å². The lowest BCUT2D eigenvalue weighted by Gasteiger charge is -2.12. The van der Waals surface area contributed by atoms with Gasteiger partial charge < -0.3 is 9.47 Å². The molecule has 0 spiro atoms. The van der Waals surface area contributed by atoms with E-state index in [0.717, 1.165) is 15.6 Å². The Morgan fingerprint density at radius 1 is 1.14 bits per heavy atom. The third kappa shape index (κ3) is 4.33. The second-order valence-electron chi connectivity index (χ2n) is 4.72. The van der Waals surface area contributed by atoms with E-state index in [1.807, 2.05) is 49.4 Å². The largest absolute Gasteiger partial charge is 0.489 e. The lowest BCUT2D eigenvalue weighted by atomic mass is 10.1. The first-order chi connectivity index (χ1) is 10.1. The van der Waals surface area contributed by atoms with Crippen LogP contribution in [0.15, 0.2) is 46.9 Å². The Bertz CT molecular complexity index is 638. The number of ether oxygens (including phenoxy) is 2. The molecule has 110 valence electrons. The Morgan fingerprint density at radius 2 is 1.90 bits per heavy atom. The van der Waals surface area contributed by atoms with Crippen molar-refractivity contribution in [2.45, 2.75) is 20.0 Å². The van der Waals surface area contributed by atoms with Gasteiger partial charge in [0.25, 0.3) is 0 Å². The molecule has 0 aliphatic rings. The monoisotopic (exact) mass is 348 g/mol. The molecular weight excluding hydrogens is 332 g/mol. The first-order valence-corrected chi connectivity index (χ1v) is 7.42. The van der Waals surface area contributed by atoms with Crippen LogP contribution in [-0.2, 0) is 22.6 Å². The predicted molar refractivity (Wildman–Crippen MR) is 85.4 cm³/mol. The minimum absolute atomic E-state index is 0.212. The highest BCUT2D eigenvalue weighted by Crippen LogP contribution is 2.22. The molecule has 0 aliphatic carbocycles. The summed E-state index contributed by atoms with van der Waals surface area (Å²) in [6.07, 6.45) is 0.212. The van der Waals surface area contributed by atoms with Crippen LogP contribution in [0.2, 0.25) is 0 Å². The molecule has 0 heterocycles. The standard InChI is InChI=1S/C17H17BrO3/c1-12-7-8-15(18)9-14(12)11-21-16-6-4-3-5-13(16)10-17(19)20-2/h3-9H,10-11H2,1-2H3. The van der Waals surface area contributed by atoms with E-state index in [1.165, 1.54) is 12.7 Å². The van der Waals surface area contributed by atoms with Crippen molar-refractivity contribution in [3.05, 3.63) is 63.6 Å². The Hall–Kier alpha value is -1.81. The molecule has 0 N–H and O–H groups in total. The number of aryl methyl sites for hydroxylation is 1. The van der Waals surface area contributed by atoms with Crippen molar-refractivity contribution in [3.63, 3.8) is 0 Å². The van der Waals surface area contributed by atoms with E-state index in [0.29, 0.717) is 12.4 Å². The molecule has 0 aromatic heterocycles. The second kappa shape index (κ2) is 7.27. The molecular formula is C17H17BrO3. The van der Waals surface area contributed by atoms with Crippen LogP contribution >= 0.6 is 15.9 Å². The van der Waals surface area contributed by atoms with Gasteiger partial charge in [0.15, 0.2) is 0 Å². The van der Waals surface area contributed by atoms with Crippen molar-refractivity contribution >= 4 is 21.9 Å². The van der Waals surface area contributed by atoms with Crippen LogP contribution < -0.4 is 4.74 Å². The summed E-state index contributed by atoms with van der Waals surface area (Å²) in [7, 11) is 1.39. The first kappa shape index (κ1) is 15.6. The van der Waals surface area contributed by atoms with Crippen LogP contribution in [0.1, 0.15) is 16.7 Å². The summed E-state index contributed by atoms with van der Waals surface area (Å²) >= 11 is 3.46. The van der Waals surface area contributed by atoms with Crippen molar-refractivity contribution in [1.82, 2.24) is 0 Å². The number of carbonyl (C=O) groups is 1. The van der Waals surface area contributed by atoms with E-state index in [4.69, 9.17) is 9.47 Å². The van der Waals surface area contributed by atoms with Gasteiger partial charge in [0.2, 0.25) is 0 Å². The Morgan fingerprint density at radius 3 is 2.67 bits per heavy atom. The smallest absolute Gasteiger partial charge is 0.310 e. The highest BCUT2D eigenvalue weighted by molar-refractivity contribution is 9.10. The molecule has 0 radical (unpaired) electrons. The third-order valence-corrected chi connectivity index (χ3v) is 3.72. The summed E-state index contributed by atoms with van der Waals surface area (Å²) in [6.45, 7) is 2.51. The average Bonchev–Trinajstić information content (AvgIpc) is 2.49. The molecule has 0 saturated carbocycles. The quantitative estimate of drug-likeness (QED) is 0.764. The molecule has 0 saturated heterocycles. The maximum absolute atomic E-state index is 11.4. The van der Waals surface area contributed by atoms with Gasteiger partial charge in [-0.25, -0.2) is 0 Å². The summed E-state index contributed by atoms with van der Waals surface area (Å²) < 4.78 is 11.6. The normalized spacial score (nSPS) is 10.2. The SMILES string of the molecule is COC(=O)Cc1ccccc1OCc1cc(Br)ccc1C. The van der Waals surface area contributed by atoms with Crippen molar-refractivity contribution in [2.75, 3.05) is 7.11 Å². The molecule has 0 unspecified atom stereocenters. The van der Waals surface area contributed by atoms with Crippen molar-refractivity contribution in [1.29, 1.82) is 0 Å². The van der Waals surface area contributed by atoms with E-state index in [1.54, 1.807) is 0 Å². The molecule has 4 heteroatoms. The molecule has 21 heavy (non-hydrogen) atoms. The van der Waals surface area contributed by atoms with E-state index < -0.39 is 0 Å². The molecule has 3 nitrogen and oxygen atoms in total. The zero-order valence-corrected chi connectivity index (χ0v) is 13.6. The number of methoxy groups -OCH3 is 1. The van der Waals surface area contributed by atoms with Gasteiger partial charge >= 0.3 is 5.97 Å². The van der Waals surface area contributed by atoms with Gasteiger partial charge in [-0.15, -0.1) is 0 Å². The average molecular weight is 349 g/mol. The van der Waals surface area contributed by atoms with Crippen LogP contribution in [-0.4, -0.2) is 13.1 Å². The minimum atomic E-state index is -0.273. The van der Waals surface area contributed by atoms with Gasteiger partial charge in [0, 0.05) is 10.0 Å². The summed E-state index contributed by atoms with van der Waals surface area (Å²) in [4.78, 5) is 11.4. The summed E-state index contributed by atoms with van der Waals surface area (Å²) in [6, 6.07) is 13.6. The maximum atomic E-state index is 11.4. The number of benzene rings is 2. The number of para-hydroxylation sites is 1. The first-order valence-electron chi connectivity index (χ1n) is 6.62. The highest BCUT2D eigenvalue weighted by atomic mass is 79.9. The lowest BCUT2D eigenvalue weighted by Crippen LogP contribution is -2.07. The number of hydrogen-bond acceptors (Lipinski definition) is 3. The zero-order chi connectivity index (χ0) is 15.2. The minimum Gasteiger partial charge on any atom is -0.489 e. The Kier molecular flexibility index (Phi) is 5.39. The van der Waals surface area contributed by atoms with Gasteiger partial charge in [0.05, 0.1) is 13.5 Å². The van der Waals surface area contributed by atoms with Gasteiger partial charge in [-0.1, -0.05) is 40.2 Å². The number of esters is 1. The van der Waals surface area contributed by atoms with Crippen LogP contribution in [0.3, 0.4) is 0 Å². The van der Waals surface area contributed by atoms with Gasteiger partial charge in [0.1, 0.15) is 12.4 Å². The van der Waals surface area contributed by atoms with Gasteiger partial charge in [-0.3, -0.25) is 4.79 Å². The third-order valence-electron chi connectivity index (χ3n) is 3.23. The highest BCUT2D eigenvalue weighted by Gasteiger charge is 2.09. The number of hydrogen-bond donors (Lipinski definition) is 0. The lowest BCUT2D eigenvalue weighted by molar-refractivity contribution is -0.139. The zero-order valence-electron chi connectivity index (χ0n) is 12.1. The topological polar surface area (TPSA) is 35.5 Å². The molecule has 0 fully saturated rings. The fraction of sp³-hybridized carbons (Fsp3) is 0.235. The molecule has 2 rings (SSSR count). The second-order valence-corrected chi connectivity index (χ2v) is 5.64. The summed E-state index contributed by atoms with van der Waals surface area (Å²) in [5, 5.41) is 0. The van der Waals surface area contributed by atoms with E-state index in [2.05, 4.69) is 15.9 Å². The van der Waals surface area contributed by atoms with E-state index in [-0.39, 0.29) is 12.4 Å². The molecule has 0 atom stereocenters. The molecule has 0 amide bonds. The van der Waals surface area contributed by atoms with Crippen LogP contribution in [0.4, 0.5) is 0 Å². The number of halogens is 1. The number of carbonyl (C=O) groups excluding carboxylic acids is 1. The molecule has 0 bridgehead atoms. The van der Waals surface area contributed by atoms with Crippen LogP contribution in [0.25, 0.3) is 0 Å². The Labute approximate surface area is 133 Å². The molecule has 2 aromatic rings. The predicted octanol–water partition coefficient (Wildman–Crippen LogP) is 4.05. The van der Waals surface area contributed by atoms with Crippen molar-refractivity contribution in [3.8, 4) is 5.75 Å². The summed E-state index contributed by atoms with van der Waals surface area (Å²) in [5.74, 6) is 0.437. The van der Waals surface area contributed by atoms with E-state index in [9.17, 15) is 4.79 Å². The van der Waals surface area contributed by atoms with Gasteiger partial charge in [-0.2, -0.15) is 0 Å². The fourth-order valence-corrected chi connectivity index (χ4v) is 2.38. The van der Waals surface area contributed by atoms with Crippen LogP contribution in [0, 0.1) is 6.92 Å². The molecule has 2 aromatic carbocycles. The summed E-state index contributed by atoms with van der Waals surface area (Å²) in [5.41, 5.74) is 3.11. The Balaban J connectivity index is 2.13. The van der Waals surface area contributed by atoms with Crippen molar-refractivity contribution < 1.29 is 14.3 Å². The molecule has 0 aliphatic heterocycles.